The lowest BCUT2D eigenvalue weighted by Gasteiger charge is -2.26. The minimum atomic E-state index is -0.860. The number of ether oxygens (including phenoxy) is 3. The van der Waals surface area contributed by atoms with E-state index >= 15 is 0 Å². The number of carbonyl (C=O) groups is 1. The highest BCUT2D eigenvalue weighted by atomic mass is 16.7. The van der Waals surface area contributed by atoms with E-state index < -0.39 is 5.41 Å². The number of rotatable bonds is 8. The Kier molecular flexibility index (Phi) is 5.97. The first-order valence-corrected chi connectivity index (χ1v) is 13.5. The van der Waals surface area contributed by atoms with Crippen molar-refractivity contribution in [1.29, 1.82) is 0 Å². The average molecular weight is 519 g/mol. The summed E-state index contributed by atoms with van der Waals surface area (Å²) in [6, 6.07) is 33.1. The largest absolute Gasteiger partial charge is 0.491 e. The highest BCUT2D eigenvalue weighted by molar-refractivity contribution is 6.11. The second-order valence-electron chi connectivity index (χ2n) is 10.4. The molecule has 1 unspecified atom stereocenters. The molecule has 0 radical (unpaired) electrons. The molecule has 0 aromatic heterocycles. The van der Waals surface area contributed by atoms with Crippen molar-refractivity contribution in [2.75, 3.05) is 31.4 Å². The zero-order valence-corrected chi connectivity index (χ0v) is 21.7. The van der Waals surface area contributed by atoms with Crippen molar-refractivity contribution in [3.8, 4) is 17.2 Å². The van der Waals surface area contributed by atoms with Gasteiger partial charge < -0.3 is 19.1 Å². The maximum absolute atomic E-state index is 14.3. The molecular formula is C33H30N2O4. The summed E-state index contributed by atoms with van der Waals surface area (Å²) in [5.41, 5.74) is 4.54. The van der Waals surface area contributed by atoms with Gasteiger partial charge in [0.05, 0.1) is 0 Å². The number of nitrogens with zero attached hydrogens (tertiary/aromatic N) is 2. The highest BCUT2D eigenvalue weighted by Crippen LogP contribution is 2.55. The van der Waals surface area contributed by atoms with E-state index in [0.717, 1.165) is 42.9 Å². The first-order chi connectivity index (χ1) is 19.2. The van der Waals surface area contributed by atoms with Gasteiger partial charge in [0.1, 0.15) is 17.8 Å². The maximum atomic E-state index is 14.3. The van der Waals surface area contributed by atoms with E-state index in [-0.39, 0.29) is 19.3 Å². The summed E-state index contributed by atoms with van der Waals surface area (Å²) < 4.78 is 17.3. The number of carbonyl (C=O) groups excluding carboxylic acids is 1. The molecule has 3 aliphatic heterocycles. The molecule has 6 nitrogen and oxygen atoms in total. The quantitative estimate of drug-likeness (QED) is 0.307. The van der Waals surface area contributed by atoms with Gasteiger partial charge >= 0.3 is 0 Å². The van der Waals surface area contributed by atoms with Crippen molar-refractivity contribution in [1.82, 2.24) is 4.90 Å². The highest BCUT2D eigenvalue weighted by Gasteiger charge is 2.57. The second kappa shape index (κ2) is 9.79. The molecule has 1 amide bonds. The molecule has 0 saturated heterocycles. The van der Waals surface area contributed by atoms with Gasteiger partial charge in [-0.3, -0.25) is 9.69 Å². The van der Waals surface area contributed by atoms with Crippen LogP contribution in [0, 0.1) is 0 Å². The van der Waals surface area contributed by atoms with Gasteiger partial charge in [-0.2, -0.15) is 0 Å². The molecule has 0 bridgehead atoms. The van der Waals surface area contributed by atoms with E-state index in [4.69, 9.17) is 14.2 Å². The third-order valence-electron chi connectivity index (χ3n) is 8.00. The molecule has 1 spiro atoms. The minimum Gasteiger partial charge on any atom is -0.491 e. The zero-order valence-electron chi connectivity index (χ0n) is 21.7. The van der Waals surface area contributed by atoms with Crippen LogP contribution in [0.3, 0.4) is 0 Å². The van der Waals surface area contributed by atoms with Crippen molar-refractivity contribution in [2.45, 2.75) is 24.9 Å². The monoisotopic (exact) mass is 518 g/mol. The summed E-state index contributed by atoms with van der Waals surface area (Å²) in [6.07, 6.45) is 0.852. The molecule has 3 aliphatic rings. The fourth-order valence-electron chi connectivity index (χ4n) is 6.14. The molecule has 3 heterocycles. The Morgan fingerprint density at radius 2 is 1.36 bits per heavy atom. The minimum absolute atomic E-state index is 0.0685. The number of amides is 1. The average Bonchev–Trinajstić information content (AvgIpc) is 3.65. The van der Waals surface area contributed by atoms with E-state index in [2.05, 4.69) is 77.7 Å². The molecule has 4 aromatic rings. The molecular weight excluding hydrogens is 488 g/mol. The summed E-state index contributed by atoms with van der Waals surface area (Å²) >= 11 is 0. The number of hydrogen-bond acceptors (Lipinski definition) is 5. The molecule has 7 rings (SSSR count). The molecule has 0 fully saturated rings. The fourth-order valence-corrected chi connectivity index (χ4v) is 6.14. The molecule has 1 atom stereocenters. The van der Waals surface area contributed by atoms with Crippen molar-refractivity contribution < 1.29 is 19.0 Å². The van der Waals surface area contributed by atoms with Gasteiger partial charge in [0.15, 0.2) is 11.5 Å². The SMILES string of the molecule is O=C1N(CCCN(Cc2ccccc2)Cc2ccccc2)c2ccccc2C12COc1cc3c(cc12)OCO3. The van der Waals surface area contributed by atoms with Gasteiger partial charge in [-0.1, -0.05) is 78.9 Å². The Morgan fingerprint density at radius 1 is 0.718 bits per heavy atom. The normalized spacial score (nSPS) is 18.5. The number of anilines is 1. The zero-order chi connectivity index (χ0) is 26.2. The number of fused-ring (bicyclic) bond motifs is 5. The Bertz CT molecular complexity index is 1470. The lowest BCUT2D eigenvalue weighted by Crippen LogP contribution is -2.43. The van der Waals surface area contributed by atoms with Crippen LogP contribution < -0.4 is 19.1 Å². The summed E-state index contributed by atoms with van der Waals surface area (Å²) in [4.78, 5) is 18.7. The molecule has 196 valence electrons. The van der Waals surface area contributed by atoms with E-state index in [1.807, 2.05) is 29.2 Å². The molecule has 0 N–H and O–H groups in total. The van der Waals surface area contributed by atoms with E-state index in [9.17, 15) is 4.79 Å². The number of hydrogen-bond donors (Lipinski definition) is 0. The Hall–Kier alpha value is -4.29. The number of para-hydroxylation sites is 1. The van der Waals surface area contributed by atoms with Crippen LogP contribution in [-0.4, -0.2) is 37.3 Å². The third-order valence-corrected chi connectivity index (χ3v) is 8.00. The van der Waals surface area contributed by atoms with Crippen molar-refractivity contribution in [2.24, 2.45) is 0 Å². The van der Waals surface area contributed by atoms with Gasteiger partial charge in [-0.25, -0.2) is 0 Å². The van der Waals surface area contributed by atoms with Gasteiger partial charge in [-0.05, 0) is 35.2 Å². The smallest absolute Gasteiger partial charge is 0.245 e. The molecule has 39 heavy (non-hydrogen) atoms. The summed E-state index contributed by atoms with van der Waals surface area (Å²) in [6.45, 7) is 3.69. The number of benzene rings is 4. The lowest BCUT2D eigenvalue weighted by atomic mass is 9.77. The predicted molar refractivity (Wildman–Crippen MR) is 149 cm³/mol. The van der Waals surface area contributed by atoms with Crippen LogP contribution in [0.5, 0.6) is 17.2 Å². The van der Waals surface area contributed by atoms with Gasteiger partial charge in [-0.15, -0.1) is 0 Å². The Morgan fingerprint density at radius 3 is 2.08 bits per heavy atom. The molecule has 0 aliphatic carbocycles. The Balaban J connectivity index is 1.13. The standard InChI is InChI=1S/C33H30N2O4/c36-32-33(22-37-29-19-31-30(18-27(29)33)38-23-39-31)26-14-7-8-15-28(26)35(32)17-9-16-34(20-24-10-3-1-4-11-24)21-25-12-5-2-6-13-25/h1-8,10-15,18-19H,9,16-17,20-23H2. The summed E-state index contributed by atoms with van der Waals surface area (Å²) in [5, 5.41) is 0. The van der Waals surface area contributed by atoms with Crippen LogP contribution in [0.25, 0.3) is 0 Å². The van der Waals surface area contributed by atoms with Crippen LogP contribution >= 0.6 is 0 Å². The van der Waals surface area contributed by atoms with E-state index in [1.54, 1.807) is 0 Å². The molecule has 6 heteroatoms. The summed E-state index contributed by atoms with van der Waals surface area (Å²) in [5.74, 6) is 2.10. The van der Waals surface area contributed by atoms with Gasteiger partial charge in [0, 0.05) is 43.5 Å². The van der Waals surface area contributed by atoms with Crippen LogP contribution in [0.4, 0.5) is 5.69 Å². The second-order valence-corrected chi connectivity index (χ2v) is 10.4. The van der Waals surface area contributed by atoms with Crippen molar-refractivity contribution in [3.63, 3.8) is 0 Å². The first kappa shape index (κ1) is 23.8. The van der Waals surface area contributed by atoms with Gasteiger partial charge in [0.25, 0.3) is 0 Å². The van der Waals surface area contributed by atoms with E-state index in [0.29, 0.717) is 23.8 Å². The Labute approximate surface area is 228 Å². The lowest BCUT2D eigenvalue weighted by molar-refractivity contribution is -0.122. The third kappa shape index (κ3) is 4.12. The molecule has 4 aromatic carbocycles. The summed E-state index contributed by atoms with van der Waals surface area (Å²) in [7, 11) is 0. The van der Waals surface area contributed by atoms with Crippen LogP contribution in [0.2, 0.25) is 0 Å². The van der Waals surface area contributed by atoms with Crippen molar-refractivity contribution in [3.05, 3.63) is 119 Å². The maximum Gasteiger partial charge on any atom is 0.245 e. The van der Waals surface area contributed by atoms with Gasteiger partial charge in [0.2, 0.25) is 12.7 Å². The molecule has 0 saturated carbocycles. The van der Waals surface area contributed by atoms with Crippen LogP contribution in [0.15, 0.2) is 97.1 Å². The topological polar surface area (TPSA) is 51.2 Å². The predicted octanol–water partition coefficient (Wildman–Crippen LogP) is 5.53. The van der Waals surface area contributed by atoms with Crippen molar-refractivity contribution >= 4 is 11.6 Å². The fraction of sp³-hybridized carbons (Fsp3) is 0.242. The van der Waals surface area contributed by atoms with E-state index in [1.165, 1.54) is 11.1 Å². The van der Waals surface area contributed by atoms with Crippen LogP contribution in [-0.2, 0) is 23.3 Å². The first-order valence-electron chi connectivity index (χ1n) is 13.5. The van der Waals surface area contributed by atoms with Crippen LogP contribution in [0.1, 0.15) is 28.7 Å².